The molecule has 3 aromatic rings. The number of hydrogen-bond acceptors (Lipinski definition) is 6. The normalized spacial score (nSPS) is 17.4. The van der Waals surface area contributed by atoms with Crippen LogP contribution < -0.4 is 0 Å². The average Bonchev–Trinajstić information content (AvgIpc) is 3.22. The zero-order valence-corrected chi connectivity index (χ0v) is 15.1. The summed E-state index contributed by atoms with van der Waals surface area (Å²) < 4.78 is 9.68. The molecular formula is C18H23N7O. The van der Waals surface area contributed by atoms with Crippen LogP contribution in [0.15, 0.2) is 36.8 Å². The fourth-order valence-electron chi connectivity index (χ4n) is 3.55. The number of hydrogen-bond donors (Lipinski definition) is 0. The van der Waals surface area contributed by atoms with Gasteiger partial charge in [0.2, 0.25) is 0 Å². The van der Waals surface area contributed by atoms with Crippen LogP contribution in [0.2, 0.25) is 0 Å². The topological polar surface area (TPSA) is 73.9 Å². The monoisotopic (exact) mass is 353 g/mol. The summed E-state index contributed by atoms with van der Waals surface area (Å²) in [6.07, 6.45) is 5.76. The minimum atomic E-state index is 0.235. The van der Waals surface area contributed by atoms with E-state index in [2.05, 4.69) is 31.5 Å². The van der Waals surface area contributed by atoms with E-state index in [0.717, 1.165) is 31.0 Å². The quantitative estimate of drug-likeness (QED) is 0.664. The largest absolute Gasteiger partial charge is 0.374 e. The molecule has 4 heterocycles. The highest BCUT2D eigenvalue weighted by Gasteiger charge is 2.30. The molecule has 4 rings (SSSR count). The number of aryl methyl sites for hydroxylation is 2. The van der Waals surface area contributed by atoms with Crippen molar-refractivity contribution in [1.82, 2.24) is 34.7 Å². The van der Waals surface area contributed by atoms with Crippen LogP contribution in [0.4, 0.5) is 0 Å². The number of rotatable bonds is 6. The molecule has 1 aliphatic heterocycles. The smallest absolute Gasteiger partial charge is 0.100 e. The van der Waals surface area contributed by atoms with Gasteiger partial charge in [0, 0.05) is 57.6 Å². The molecule has 0 spiro atoms. The molecule has 0 bridgehead atoms. The van der Waals surface area contributed by atoms with Crippen molar-refractivity contribution in [1.29, 1.82) is 0 Å². The van der Waals surface area contributed by atoms with E-state index in [1.54, 1.807) is 6.20 Å². The lowest BCUT2D eigenvalue weighted by atomic mass is 9.98. The van der Waals surface area contributed by atoms with E-state index in [1.165, 1.54) is 11.3 Å². The number of aromatic nitrogens is 6. The maximum atomic E-state index is 5.97. The number of fused-ring (bicyclic) bond motifs is 1. The Morgan fingerprint density at radius 1 is 1.27 bits per heavy atom. The predicted molar refractivity (Wildman–Crippen MR) is 95.0 cm³/mol. The second-order valence-electron chi connectivity index (χ2n) is 6.77. The van der Waals surface area contributed by atoms with Crippen molar-refractivity contribution in [2.45, 2.75) is 25.6 Å². The molecule has 0 saturated heterocycles. The van der Waals surface area contributed by atoms with Gasteiger partial charge in [-0.3, -0.25) is 19.2 Å². The summed E-state index contributed by atoms with van der Waals surface area (Å²) >= 11 is 0. The second-order valence-corrected chi connectivity index (χ2v) is 6.77. The minimum Gasteiger partial charge on any atom is -0.374 e. The van der Waals surface area contributed by atoms with Crippen molar-refractivity contribution in [2.75, 3.05) is 13.2 Å². The highest BCUT2D eigenvalue weighted by Crippen LogP contribution is 2.28. The van der Waals surface area contributed by atoms with E-state index in [-0.39, 0.29) is 5.92 Å². The van der Waals surface area contributed by atoms with Gasteiger partial charge in [0.1, 0.15) is 5.69 Å². The van der Waals surface area contributed by atoms with Gasteiger partial charge >= 0.3 is 0 Å². The summed E-state index contributed by atoms with van der Waals surface area (Å²) in [6.45, 7) is 3.69. The Bertz CT molecular complexity index is 858. The first-order chi connectivity index (χ1) is 12.7. The molecule has 0 aromatic carbocycles. The lowest BCUT2D eigenvalue weighted by Gasteiger charge is -2.31. The first-order valence-corrected chi connectivity index (χ1v) is 8.75. The highest BCUT2D eigenvalue weighted by atomic mass is 16.5. The minimum absolute atomic E-state index is 0.235. The van der Waals surface area contributed by atoms with Crippen LogP contribution in [0, 0.1) is 0 Å². The molecule has 8 heteroatoms. The van der Waals surface area contributed by atoms with E-state index in [0.29, 0.717) is 13.2 Å². The molecule has 1 atom stereocenters. The van der Waals surface area contributed by atoms with Crippen LogP contribution >= 0.6 is 0 Å². The van der Waals surface area contributed by atoms with Gasteiger partial charge in [-0.2, -0.15) is 5.10 Å². The van der Waals surface area contributed by atoms with Crippen LogP contribution in [0.3, 0.4) is 0 Å². The van der Waals surface area contributed by atoms with Crippen molar-refractivity contribution < 1.29 is 4.74 Å². The summed E-state index contributed by atoms with van der Waals surface area (Å²) in [4.78, 5) is 6.69. The Labute approximate surface area is 152 Å². The van der Waals surface area contributed by atoms with Crippen molar-refractivity contribution in [2.24, 2.45) is 14.1 Å². The maximum Gasteiger partial charge on any atom is 0.100 e. The molecule has 3 aromatic heterocycles. The first kappa shape index (κ1) is 16.9. The SMILES string of the molecule is Cn1cc(CN2Cc3nnn(C)c3[C@H](COCc3ccccn3)C2)cn1. The summed E-state index contributed by atoms with van der Waals surface area (Å²) in [7, 11) is 3.89. The van der Waals surface area contributed by atoms with Gasteiger partial charge in [-0.15, -0.1) is 5.10 Å². The molecule has 0 N–H and O–H groups in total. The summed E-state index contributed by atoms with van der Waals surface area (Å²) in [5, 5.41) is 12.8. The van der Waals surface area contributed by atoms with Crippen molar-refractivity contribution >= 4 is 0 Å². The molecular weight excluding hydrogens is 330 g/mol. The van der Waals surface area contributed by atoms with E-state index in [9.17, 15) is 0 Å². The average molecular weight is 353 g/mol. The molecule has 0 saturated carbocycles. The molecule has 0 aliphatic carbocycles. The molecule has 26 heavy (non-hydrogen) atoms. The lowest BCUT2D eigenvalue weighted by Crippen LogP contribution is -2.36. The number of pyridine rings is 1. The van der Waals surface area contributed by atoms with Gasteiger partial charge in [-0.25, -0.2) is 0 Å². The fourth-order valence-corrected chi connectivity index (χ4v) is 3.55. The zero-order valence-electron chi connectivity index (χ0n) is 15.1. The van der Waals surface area contributed by atoms with E-state index < -0.39 is 0 Å². The van der Waals surface area contributed by atoms with Crippen molar-refractivity contribution in [3.63, 3.8) is 0 Å². The lowest BCUT2D eigenvalue weighted by molar-refractivity contribution is 0.0812. The van der Waals surface area contributed by atoms with Crippen molar-refractivity contribution in [3.8, 4) is 0 Å². The van der Waals surface area contributed by atoms with Crippen LogP contribution in [0.1, 0.15) is 28.6 Å². The predicted octanol–water partition coefficient (Wildman–Crippen LogP) is 1.26. The zero-order chi connectivity index (χ0) is 17.9. The van der Waals surface area contributed by atoms with Crippen LogP contribution in [-0.2, 0) is 38.5 Å². The molecule has 0 fully saturated rings. The van der Waals surface area contributed by atoms with Crippen LogP contribution in [0.25, 0.3) is 0 Å². The third-order valence-corrected chi connectivity index (χ3v) is 4.64. The Kier molecular flexibility index (Phi) is 4.77. The summed E-state index contributed by atoms with van der Waals surface area (Å²) in [5.41, 5.74) is 4.36. The van der Waals surface area contributed by atoms with E-state index in [4.69, 9.17) is 4.74 Å². The van der Waals surface area contributed by atoms with Gasteiger partial charge in [-0.1, -0.05) is 11.3 Å². The molecule has 0 radical (unpaired) electrons. The highest BCUT2D eigenvalue weighted by molar-refractivity contribution is 5.20. The molecule has 136 valence electrons. The molecule has 0 unspecified atom stereocenters. The molecule has 1 aliphatic rings. The molecule has 0 amide bonds. The third kappa shape index (κ3) is 3.66. The van der Waals surface area contributed by atoms with Crippen LogP contribution in [0.5, 0.6) is 0 Å². The Balaban J connectivity index is 1.44. The first-order valence-electron chi connectivity index (χ1n) is 8.75. The maximum absolute atomic E-state index is 5.97. The van der Waals surface area contributed by atoms with Gasteiger partial charge in [0.05, 0.1) is 30.8 Å². The number of ether oxygens (including phenoxy) is 1. The fraction of sp³-hybridized carbons (Fsp3) is 0.444. The second kappa shape index (κ2) is 7.35. The van der Waals surface area contributed by atoms with E-state index in [1.807, 2.05) is 47.9 Å². The Morgan fingerprint density at radius 3 is 2.96 bits per heavy atom. The Morgan fingerprint density at radius 2 is 2.19 bits per heavy atom. The Hall–Kier alpha value is -2.58. The summed E-state index contributed by atoms with van der Waals surface area (Å²) in [6, 6.07) is 5.87. The van der Waals surface area contributed by atoms with Crippen LogP contribution in [-0.4, -0.2) is 47.8 Å². The van der Waals surface area contributed by atoms with Gasteiger partial charge in [0.15, 0.2) is 0 Å². The standard InChI is InChI=1S/C18H23N7O/c1-23-8-14(7-20-23)9-25-10-15(18-17(11-25)21-22-24(18)2)12-26-13-16-5-3-4-6-19-16/h3-8,15H,9-13H2,1-2H3/t15-/m0/s1. The summed E-state index contributed by atoms with van der Waals surface area (Å²) in [5.74, 6) is 0.235. The van der Waals surface area contributed by atoms with E-state index >= 15 is 0 Å². The molecule has 8 nitrogen and oxygen atoms in total. The van der Waals surface area contributed by atoms with Gasteiger partial charge in [-0.05, 0) is 12.1 Å². The third-order valence-electron chi connectivity index (χ3n) is 4.64. The number of nitrogens with zero attached hydrogens (tertiary/aromatic N) is 7. The van der Waals surface area contributed by atoms with Gasteiger partial charge in [0.25, 0.3) is 0 Å². The van der Waals surface area contributed by atoms with Crippen molar-refractivity contribution in [3.05, 3.63) is 59.4 Å². The van der Waals surface area contributed by atoms with Gasteiger partial charge < -0.3 is 4.74 Å².